The molecule has 0 spiro atoms. The van der Waals surface area contributed by atoms with Crippen LogP contribution in [0, 0.1) is 11.7 Å². The Kier molecular flexibility index (Phi) is 6.26. The van der Waals surface area contributed by atoms with Crippen molar-refractivity contribution in [2.24, 2.45) is 5.92 Å². The predicted molar refractivity (Wildman–Crippen MR) is 105 cm³/mol. The number of nitrogens with zero attached hydrogens (tertiary/aromatic N) is 1. The molecule has 0 saturated carbocycles. The largest absolute Gasteiger partial charge is 0.350 e. The molecule has 1 aromatic heterocycles. The number of aryl methyl sites for hydroxylation is 1. The first-order valence-corrected chi connectivity index (χ1v) is 10.2. The van der Waals surface area contributed by atoms with E-state index in [1.54, 1.807) is 28.4 Å². The second kappa shape index (κ2) is 8.65. The molecule has 1 aliphatic carbocycles. The van der Waals surface area contributed by atoms with Crippen LogP contribution in [0.15, 0.2) is 30.3 Å². The maximum atomic E-state index is 12.9. The maximum absolute atomic E-state index is 12.9. The summed E-state index contributed by atoms with van der Waals surface area (Å²) in [6.07, 6.45) is 3.24. The van der Waals surface area contributed by atoms with Gasteiger partial charge in [-0.15, -0.1) is 11.3 Å². The van der Waals surface area contributed by atoms with Crippen molar-refractivity contribution >= 4 is 23.2 Å². The molecule has 1 atom stereocenters. The Morgan fingerprint density at radius 2 is 2.04 bits per heavy atom. The molecule has 1 unspecified atom stereocenters. The van der Waals surface area contributed by atoms with Crippen molar-refractivity contribution in [3.8, 4) is 0 Å². The second-order valence-electron chi connectivity index (χ2n) is 7.13. The van der Waals surface area contributed by atoms with Gasteiger partial charge in [-0.3, -0.25) is 9.59 Å². The van der Waals surface area contributed by atoms with E-state index in [4.69, 9.17) is 0 Å². The highest BCUT2D eigenvalue weighted by Gasteiger charge is 2.24. The van der Waals surface area contributed by atoms with E-state index in [0.29, 0.717) is 19.0 Å². The minimum Gasteiger partial charge on any atom is -0.350 e. The topological polar surface area (TPSA) is 49.4 Å². The van der Waals surface area contributed by atoms with Gasteiger partial charge < -0.3 is 10.2 Å². The molecular weight excluding hydrogens is 363 g/mol. The quantitative estimate of drug-likeness (QED) is 0.819. The molecule has 0 bridgehead atoms. The van der Waals surface area contributed by atoms with Gasteiger partial charge in [0.15, 0.2) is 0 Å². The first-order valence-electron chi connectivity index (χ1n) is 9.38. The van der Waals surface area contributed by atoms with Crippen molar-refractivity contribution in [1.82, 2.24) is 10.2 Å². The lowest BCUT2D eigenvalue weighted by atomic mass is 9.90. The number of carbonyl (C=O) groups excluding carboxylic acids is 2. The Balaban J connectivity index is 1.58. The SMILES string of the molecule is CCN(CC(=O)NCc1ccc(F)cc1)C(=O)c1cc2c(s1)CCC(C)C2. The summed E-state index contributed by atoms with van der Waals surface area (Å²) in [5.41, 5.74) is 2.11. The predicted octanol–water partition coefficient (Wildman–Crippen LogP) is 3.79. The molecule has 1 N–H and O–H groups in total. The van der Waals surface area contributed by atoms with Crippen molar-refractivity contribution in [3.63, 3.8) is 0 Å². The Bertz CT molecular complexity index is 816. The average molecular weight is 389 g/mol. The van der Waals surface area contributed by atoms with Gasteiger partial charge in [-0.1, -0.05) is 19.1 Å². The van der Waals surface area contributed by atoms with E-state index in [1.807, 2.05) is 13.0 Å². The molecule has 144 valence electrons. The van der Waals surface area contributed by atoms with Crippen molar-refractivity contribution in [2.75, 3.05) is 13.1 Å². The van der Waals surface area contributed by atoms with E-state index in [0.717, 1.165) is 23.3 Å². The van der Waals surface area contributed by atoms with E-state index in [1.165, 1.54) is 29.0 Å². The van der Waals surface area contributed by atoms with E-state index >= 15 is 0 Å². The smallest absolute Gasteiger partial charge is 0.264 e. The minimum absolute atomic E-state index is 0.0233. The van der Waals surface area contributed by atoms with E-state index in [9.17, 15) is 14.0 Å². The van der Waals surface area contributed by atoms with Crippen LogP contribution in [0.2, 0.25) is 0 Å². The maximum Gasteiger partial charge on any atom is 0.264 e. The third kappa shape index (κ3) is 4.95. The van der Waals surface area contributed by atoms with Crippen LogP contribution in [0.5, 0.6) is 0 Å². The van der Waals surface area contributed by atoms with Crippen LogP contribution in [-0.2, 0) is 24.2 Å². The number of benzene rings is 1. The van der Waals surface area contributed by atoms with Crippen LogP contribution >= 0.6 is 11.3 Å². The van der Waals surface area contributed by atoms with Crippen molar-refractivity contribution in [3.05, 3.63) is 57.0 Å². The minimum atomic E-state index is -0.305. The van der Waals surface area contributed by atoms with E-state index in [2.05, 4.69) is 12.2 Å². The van der Waals surface area contributed by atoms with Crippen LogP contribution < -0.4 is 5.32 Å². The number of rotatable bonds is 6. The number of carbonyl (C=O) groups is 2. The first kappa shape index (κ1) is 19.5. The van der Waals surface area contributed by atoms with Crippen molar-refractivity contribution in [2.45, 2.75) is 39.7 Å². The van der Waals surface area contributed by atoms with Crippen LogP contribution in [0.3, 0.4) is 0 Å². The zero-order chi connectivity index (χ0) is 19.4. The molecule has 0 saturated heterocycles. The van der Waals surface area contributed by atoms with Gasteiger partial charge in [-0.05, 0) is 61.4 Å². The third-order valence-electron chi connectivity index (χ3n) is 4.95. The summed E-state index contributed by atoms with van der Waals surface area (Å²) in [4.78, 5) is 28.7. The Hall–Kier alpha value is -2.21. The van der Waals surface area contributed by atoms with Gasteiger partial charge in [0.05, 0.1) is 11.4 Å². The monoisotopic (exact) mass is 388 g/mol. The summed E-state index contributed by atoms with van der Waals surface area (Å²) in [6, 6.07) is 8.01. The van der Waals surface area contributed by atoms with Gasteiger partial charge >= 0.3 is 0 Å². The summed E-state index contributed by atoms with van der Waals surface area (Å²) in [5, 5.41) is 2.79. The van der Waals surface area contributed by atoms with Gasteiger partial charge in [0.1, 0.15) is 5.82 Å². The number of hydrogen-bond donors (Lipinski definition) is 1. The number of hydrogen-bond acceptors (Lipinski definition) is 3. The number of likely N-dealkylation sites (N-methyl/N-ethyl adjacent to an activating group) is 1. The lowest BCUT2D eigenvalue weighted by Crippen LogP contribution is -2.40. The van der Waals surface area contributed by atoms with Gasteiger partial charge in [0.25, 0.3) is 5.91 Å². The molecule has 0 aliphatic heterocycles. The lowest BCUT2D eigenvalue weighted by Gasteiger charge is -2.19. The fraction of sp³-hybridized carbons (Fsp3) is 0.429. The molecule has 2 amide bonds. The summed E-state index contributed by atoms with van der Waals surface area (Å²) >= 11 is 1.57. The van der Waals surface area contributed by atoms with Gasteiger partial charge in [-0.2, -0.15) is 0 Å². The Morgan fingerprint density at radius 1 is 1.30 bits per heavy atom. The normalized spacial score (nSPS) is 15.9. The highest BCUT2D eigenvalue weighted by molar-refractivity contribution is 7.14. The molecule has 1 aromatic carbocycles. The molecule has 27 heavy (non-hydrogen) atoms. The summed E-state index contributed by atoms with van der Waals surface area (Å²) in [6.45, 7) is 4.93. The molecule has 2 aromatic rings. The number of halogens is 1. The second-order valence-corrected chi connectivity index (χ2v) is 8.27. The molecule has 6 heteroatoms. The molecular formula is C21H25FN2O2S. The number of fused-ring (bicyclic) bond motifs is 1. The van der Waals surface area contributed by atoms with Crippen LogP contribution in [0.4, 0.5) is 4.39 Å². The molecule has 3 rings (SSSR count). The third-order valence-corrected chi connectivity index (χ3v) is 6.17. The first-order chi connectivity index (χ1) is 13.0. The highest BCUT2D eigenvalue weighted by Crippen LogP contribution is 2.32. The van der Waals surface area contributed by atoms with Crippen LogP contribution in [-0.4, -0.2) is 29.8 Å². The molecule has 0 radical (unpaired) electrons. The van der Waals surface area contributed by atoms with Crippen LogP contribution in [0.25, 0.3) is 0 Å². The van der Waals surface area contributed by atoms with Crippen molar-refractivity contribution in [1.29, 1.82) is 0 Å². The van der Waals surface area contributed by atoms with Gasteiger partial charge in [-0.25, -0.2) is 4.39 Å². The number of thiophene rings is 1. The number of nitrogens with one attached hydrogen (secondary N) is 1. The standard InChI is InChI=1S/C21H25FN2O2S/c1-3-24(13-20(25)23-12-15-5-7-17(22)8-6-15)21(26)19-11-16-10-14(2)4-9-18(16)27-19/h5-8,11,14H,3-4,9-10,12-13H2,1-2H3,(H,23,25). The molecule has 0 fully saturated rings. The summed E-state index contributed by atoms with van der Waals surface area (Å²) < 4.78 is 12.9. The fourth-order valence-corrected chi connectivity index (χ4v) is 4.50. The van der Waals surface area contributed by atoms with E-state index < -0.39 is 0 Å². The summed E-state index contributed by atoms with van der Waals surface area (Å²) in [5.74, 6) is 0.0568. The van der Waals surface area contributed by atoms with Crippen molar-refractivity contribution < 1.29 is 14.0 Å². The summed E-state index contributed by atoms with van der Waals surface area (Å²) in [7, 11) is 0. The van der Waals surface area contributed by atoms with Crippen LogP contribution in [0.1, 0.15) is 45.9 Å². The molecule has 4 nitrogen and oxygen atoms in total. The zero-order valence-electron chi connectivity index (χ0n) is 15.8. The Labute approximate surface area is 163 Å². The van der Waals surface area contributed by atoms with Gasteiger partial charge in [0.2, 0.25) is 5.91 Å². The zero-order valence-corrected chi connectivity index (χ0v) is 16.6. The highest BCUT2D eigenvalue weighted by atomic mass is 32.1. The molecule has 1 heterocycles. The average Bonchev–Trinajstić information content (AvgIpc) is 3.08. The number of amides is 2. The lowest BCUT2D eigenvalue weighted by molar-refractivity contribution is -0.121. The Morgan fingerprint density at radius 3 is 2.74 bits per heavy atom. The van der Waals surface area contributed by atoms with E-state index in [-0.39, 0.29) is 24.2 Å². The fourth-order valence-electron chi connectivity index (χ4n) is 3.33. The molecule has 1 aliphatic rings. The van der Waals surface area contributed by atoms with Gasteiger partial charge in [0, 0.05) is 18.0 Å².